The van der Waals surface area contributed by atoms with Gasteiger partial charge in [-0.15, -0.1) is 0 Å². The zero-order valence-electron chi connectivity index (χ0n) is 18.6. The maximum atomic E-state index is 13.7. The average molecular weight is 447 g/mol. The molecular weight excluding hydrogens is 419 g/mol. The largest absolute Gasteiger partial charge is 0.337 e. The molecule has 2 atom stereocenters. The molecule has 0 bridgehead atoms. The summed E-state index contributed by atoms with van der Waals surface area (Å²) < 4.78 is 18.1. The molecule has 8 heteroatoms. The van der Waals surface area contributed by atoms with Crippen molar-refractivity contribution in [2.75, 3.05) is 13.1 Å². The van der Waals surface area contributed by atoms with Gasteiger partial charge >= 0.3 is 0 Å². The fourth-order valence-corrected chi connectivity index (χ4v) is 4.90. The van der Waals surface area contributed by atoms with Crippen LogP contribution in [0.2, 0.25) is 0 Å². The van der Waals surface area contributed by atoms with Crippen LogP contribution in [-0.2, 0) is 13.6 Å². The van der Waals surface area contributed by atoms with Gasteiger partial charge in [0.25, 0.3) is 5.91 Å². The Hall–Kier alpha value is -3.26. The summed E-state index contributed by atoms with van der Waals surface area (Å²) >= 11 is 0. The number of pyridine rings is 1. The average Bonchev–Trinajstić information content (AvgIpc) is 3.49. The first-order chi connectivity index (χ1) is 16.0. The van der Waals surface area contributed by atoms with Gasteiger partial charge in [0.2, 0.25) is 0 Å². The van der Waals surface area contributed by atoms with E-state index in [0.717, 1.165) is 40.1 Å². The van der Waals surface area contributed by atoms with E-state index in [1.807, 2.05) is 37.5 Å². The number of rotatable bonds is 4. The van der Waals surface area contributed by atoms with Gasteiger partial charge in [0.05, 0.1) is 22.8 Å². The summed E-state index contributed by atoms with van der Waals surface area (Å²) in [5.74, 6) is 1.42. The molecule has 33 heavy (non-hydrogen) atoms. The lowest BCUT2D eigenvalue weighted by Gasteiger charge is -2.33. The predicted octanol–water partition coefficient (Wildman–Crippen LogP) is 3.51. The van der Waals surface area contributed by atoms with Gasteiger partial charge < -0.3 is 19.8 Å². The lowest BCUT2D eigenvalue weighted by atomic mass is 10.0. The maximum Gasteiger partial charge on any atom is 0.253 e. The molecule has 2 fully saturated rings. The highest BCUT2D eigenvalue weighted by atomic mass is 19.1. The van der Waals surface area contributed by atoms with Gasteiger partial charge in [0.15, 0.2) is 5.82 Å². The number of aromatic nitrogens is 4. The van der Waals surface area contributed by atoms with E-state index >= 15 is 0 Å². The van der Waals surface area contributed by atoms with Crippen molar-refractivity contribution in [1.29, 1.82) is 0 Å². The minimum Gasteiger partial charge on any atom is -0.337 e. The monoisotopic (exact) mass is 446 g/mol. The van der Waals surface area contributed by atoms with Gasteiger partial charge in [-0.3, -0.25) is 4.79 Å². The number of nitrogens with two attached hydrogens (primary N) is 1. The molecule has 4 aromatic rings. The van der Waals surface area contributed by atoms with E-state index in [9.17, 15) is 9.18 Å². The number of halogens is 1. The molecule has 1 saturated carbocycles. The van der Waals surface area contributed by atoms with Crippen molar-refractivity contribution in [3.8, 4) is 11.5 Å². The van der Waals surface area contributed by atoms with Crippen molar-refractivity contribution >= 4 is 28.0 Å². The van der Waals surface area contributed by atoms with Crippen LogP contribution in [0.1, 0.15) is 29.6 Å². The zero-order chi connectivity index (χ0) is 22.7. The number of carbonyl (C=O) groups excluding carboxylic acids is 1. The van der Waals surface area contributed by atoms with Gasteiger partial charge in [0.1, 0.15) is 11.8 Å². The van der Waals surface area contributed by atoms with Crippen molar-refractivity contribution < 1.29 is 9.18 Å². The highest BCUT2D eigenvalue weighted by molar-refractivity contribution is 5.98. The van der Waals surface area contributed by atoms with E-state index in [4.69, 9.17) is 10.7 Å². The summed E-state index contributed by atoms with van der Waals surface area (Å²) in [5.41, 5.74) is 10.1. The maximum absolute atomic E-state index is 13.7. The van der Waals surface area contributed by atoms with Crippen LogP contribution in [0.25, 0.3) is 33.6 Å². The summed E-state index contributed by atoms with van der Waals surface area (Å²) in [7, 11) is 2.00. The standard InChI is InChI=1S/C25H27FN6O/c1-30-21-7-6-17(25(33)31-10-8-18(26)19(27)14-31)11-20(21)29-24(30)22-12-16-3-2-9-28-23(16)32(22)13-15-4-5-15/h2-3,6-7,9,11-12,15,18-19H,4-5,8,10,13-14,27H2,1H3/t18-,19-/m1/s1. The second-order valence-corrected chi connectivity index (χ2v) is 9.42. The number of hydrogen-bond donors (Lipinski definition) is 1. The number of carbonyl (C=O) groups is 1. The van der Waals surface area contributed by atoms with Crippen LogP contribution in [0.5, 0.6) is 0 Å². The van der Waals surface area contributed by atoms with Crippen molar-refractivity contribution in [3.05, 3.63) is 48.2 Å². The number of hydrogen-bond acceptors (Lipinski definition) is 4. The van der Waals surface area contributed by atoms with Crippen LogP contribution in [-0.4, -0.2) is 55.2 Å². The number of nitrogens with zero attached hydrogens (tertiary/aromatic N) is 5. The van der Waals surface area contributed by atoms with Crippen molar-refractivity contribution in [2.45, 2.75) is 38.0 Å². The fraction of sp³-hybridized carbons (Fsp3) is 0.400. The van der Waals surface area contributed by atoms with Crippen LogP contribution in [0.4, 0.5) is 4.39 Å². The Morgan fingerprint density at radius 2 is 2.06 bits per heavy atom. The third-order valence-corrected chi connectivity index (χ3v) is 7.01. The molecule has 1 saturated heterocycles. The van der Waals surface area contributed by atoms with Crippen LogP contribution in [0.3, 0.4) is 0 Å². The van der Waals surface area contributed by atoms with Crippen molar-refractivity contribution in [2.24, 2.45) is 18.7 Å². The molecule has 7 nitrogen and oxygen atoms in total. The number of amides is 1. The minimum absolute atomic E-state index is 0.126. The normalized spacial score (nSPS) is 21.2. The summed E-state index contributed by atoms with van der Waals surface area (Å²) in [5, 5.41) is 1.10. The molecule has 0 unspecified atom stereocenters. The molecule has 1 amide bonds. The molecule has 1 aliphatic carbocycles. The molecule has 170 valence electrons. The second-order valence-electron chi connectivity index (χ2n) is 9.42. The second kappa shape index (κ2) is 7.66. The highest BCUT2D eigenvalue weighted by Gasteiger charge is 2.30. The third-order valence-electron chi connectivity index (χ3n) is 7.01. The number of imidazole rings is 1. The Morgan fingerprint density at radius 3 is 2.85 bits per heavy atom. The third kappa shape index (κ3) is 3.49. The van der Waals surface area contributed by atoms with E-state index in [-0.39, 0.29) is 18.9 Å². The van der Waals surface area contributed by atoms with Gasteiger partial charge in [-0.25, -0.2) is 14.4 Å². The molecule has 2 aliphatic rings. The Bertz CT molecular complexity index is 1370. The minimum atomic E-state index is -1.05. The molecule has 1 aliphatic heterocycles. The molecule has 2 N–H and O–H groups in total. The Labute approximate surface area is 191 Å². The Balaban J connectivity index is 1.39. The number of alkyl halides is 1. The topological polar surface area (TPSA) is 82.0 Å². The lowest BCUT2D eigenvalue weighted by Crippen LogP contribution is -2.51. The Morgan fingerprint density at radius 1 is 1.21 bits per heavy atom. The van der Waals surface area contributed by atoms with Crippen LogP contribution in [0, 0.1) is 5.92 Å². The molecule has 6 rings (SSSR count). The van der Waals surface area contributed by atoms with Gasteiger partial charge in [-0.1, -0.05) is 0 Å². The molecular formula is C25H27FN6O. The summed E-state index contributed by atoms with van der Waals surface area (Å²) in [4.78, 5) is 24.3. The number of benzene rings is 1. The van der Waals surface area contributed by atoms with E-state index < -0.39 is 12.2 Å². The number of aryl methyl sites for hydroxylation is 1. The van der Waals surface area contributed by atoms with Crippen molar-refractivity contribution in [1.82, 2.24) is 24.0 Å². The van der Waals surface area contributed by atoms with Gasteiger partial charge in [-0.05, 0) is 61.6 Å². The van der Waals surface area contributed by atoms with Crippen LogP contribution in [0.15, 0.2) is 42.6 Å². The molecule has 0 radical (unpaired) electrons. The van der Waals surface area contributed by atoms with E-state index in [0.29, 0.717) is 18.0 Å². The summed E-state index contributed by atoms with van der Waals surface area (Å²) in [6, 6.07) is 11.2. The number of piperidine rings is 1. The molecule has 0 spiro atoms. The lowest BCUT2D eigenvalue weighted by molar-refractivity contribution is 0.0630. The van der Waals surface area contributed by atoms with Crippen LogP contribution < -0.4 is 5.73 Å². The van der Waals surface area contributed by atoms with Gasteiger partial charge in [0, 0.05) is 43.8 Å². The smallest absolute Gasteiger partial charge is 0.253 e. The fourth-order valence-electron chi connectivity index (χ4n) is 4.90. The SMILES string of the molecule is Cn1c(-c2cc3cccnc3n2CC2CC2)nc2cc(C(=O)N3CC[C@@H](F)[C@H](N)C3)ccc21. The van der Waals surface area contributed by atoms with E-state index in [2.05, 4.69) is 26.3 Å². The predicted molar refractivity (Wildman–Crippen MR) is 126 cm³/mol. The first-order valence-electron chi connectivity index (χ1n) is 11.6. The van der Waals surface area contributed by atoms with Crippen LogP contribution >= 0.6 is 0 Å². The highest BCUT2D eigenvalue weighted by Crippen LogP contribution is 2.36. The number of likely N-dealkylation sites (tertiary alicyclic amines) is 1. The first kappa shape index (κ1) is 20.4. The number of fused-ring (bicyclic) bond motifs is 2. The Kier molecular flexibility index (Phi) is 4.72. The molecule has 3 aromatic heterocycles. The quantitative estimate of drug-likeness (QED) is 0.520. The summed E-state index contributed by atoms with van der Waals surface area (Å²) in [6.07, 6.45) is 3.57. The molecule has 4 heterocycles. The van der Waals surface area contributed by atoms with Gasteiger partial charge in [-0.2, -0.15) is 0 Å². The first-order valence-corrected chi connectivity index (χ1v) is 11.6. The summed E-state index contributed by atoms with van der Waals surface area (Å²) in [6.45, 7) is 1.56. The van der Waals surface area contributed by atoms with Crippen molar-refractivity contribution in [3.63, 3.8) is 0 Å². The molecule has 1 aromatic carbocycles. The zero-order valence-corrected chi connectivity index (χ0v) is 18.6. The van der Waals surface area contributed by atoms with E-state index in [1.54, 1.807) is 4.90 Å². The van der Waals surface area contributed by atoms with E-state index in [1.165, 1.54) is 12.8 Å².